The van der Waals surface area contributed by atoms with Gasteiger partial charge in [-0.05, 0) is 0 Å². The van der Waals surface area contributed by atoms with E-state index in [0.717, 1.165) is 0 Å². The zero-order chi connectivity index (χ0) is 4.28. The van der Waals surface area contributed by atoms with Gasteiger partial charge in [0.2, 0.25) is 0 Å². The lowest BCUT2D eigenvalue weighted by molar-refractivity contribution is 0.619. The second-order valence-electron chi connectivity index (χ2n) is 0.434. The minimum Gasteiger partial charge on any atom is -0.313 e. The average molecular weight is 94.1 g/mol. The van der Waals surface area contributed by atoms with Crippen molar-refractivity contribution in [3.8, 4) is 0 Å². The minimum absolute atomic E-state index is 0.620. The fraction of sp³-hybridized carbons (Fsp3) is 0. The van der Waals surface area contributed by atoms with Crippen molar-refractivity contribution in [3.05, 3.63) is 5.88 Å². The highest BCUT2D eigenvalue weighted by atomic mass is 32.2. The van der Waals surface area contributed by atoms with E-state index < -0.39 is 10.7 Å². The third kappa shape index (κ3) is 3.91. The van der Waals surface area contributed by atoms with E-state index in [2.05, 4.69) is 5.73 Å². The van der Waals surface area contributed by atoms with Gasteiger partial charge >= 0.3 is 0 Å². The smallest absolute Gasteiger partial charge is 0.158 e. The summed E-state index contributed by atoms with van der Waals surface area (Å²) >= 11 is 0. The highest BCUT2D eigenvalue weighted by molar-refractivity contribution is 7.74. The fourth-order valence-electron chi connectivity index (χ4n) is 0. The van der Waals surface area contributed by atoms with Gasteiger partial charge in [-0.15, -0.1) is 0 Å². The average Bonchev–Trinajstić information content (AvgIpc) is 1.38. The molecule has 0 aliphatic heterocycles. The quantitative estimate of drug-likeness (QED) is 0.396. The number of hydrogen-bond acceptors (Lipinski definition) is 3. The Balaban J connectivity index is 3.23. The zero-order valence-electron chi connectivity index (χ0n) is 2.42. The molecule has 0 aromatic rings. The van der Waals surface area contributed by atoms with Crippen LogP contribution in [-0.4, -0.2) is 8.42 Å². The zero-order valence-corrected chi connectivity index (χ0v) is 3.31. The highest BCUT2D eigenvalue weighted by Gasteiger charge is 1.66. The largest absolute Gasteiger partial charge is 0.313 e. The van der Waals surface area contributed by atoms with Crippen LogP contribution >= 0.6 is 0 Å². The van der Waals surface area contributed by atoms with Gasteiger partial charge in [0, 0.05) is 0 Å². The van der Waals surface area contributed by atoms with Crippen molar-refractivity contribution >= 4 is 10.7 Å². The molecule has 31 valence electrons. The first kappa shape index (κ1) is 4.91. The summed E-state index contributed by atoms with van der Waals surface area (Å²) in [6.07, 6.45) is 0. The predicted octanol–water partition coefficient (Wildman–Crippen LogP) is -1.32. The summed E-state index contributed by atoms with van der Waals surface area (Å²) in [6, 6.07) is 0. The standard InChI is InChI=1S/CH4NO2S/c2-1-5(3)4/h1,5H,2H2. The van der Waals surface area contributed by atoms with Gasteiger partial charge < -0.3 is 5.73 Å². The van der Waals surface area contributed by atoms with Gasteiger partial charge in [0.1, 0.15) is 5.88 Å². The first-order chi connectivity index (χ1) is 2.27. The number of rotatable bonds is 1. The molecule has 0 atom stereocenters. The van der Waals surface area contributed by atoms with E-state index in [1.54, 1.807) is 0 Å². The first-order valence-electron chi connectivity index (χ1n) is 0.957. The van der Waals surface area contributed by atoms with Crippen molar-refractivity contribution < 1.29 is 8.42 Å². The van der Waals surface area contributed by atoms with Crippen LogP contribution in [0.25, 0.3) is 0 Å². The Hall–Kier alpha value is -0.0900. The van der Waals surface area contributed by atoms with Crippen molar-refractivity contribution in [1.82, 2.24) is 0 Å². The van der Waals surface area contributed by atoms with Crippen LogP contribution < -0.4 is 5.73 Å². The molecular formula is CH4NO2S. The molecule has 0 aromatic heterocycles. The Bertz CT molecular complexity index is 67.7. The highest BCUT2D eigenvalue weighted by Crippen LogP contribution is 1.51. The van der Waals surface area contributed by atoms with Crippen LogP contribution in [0.1, 0.15) is 0 Å². The topological polar surface area (TPSA) is 60.2 Å². The van der Waals surface area contributed by atoms with Crippen LogP contribution in [0.5, 0.6) is 0 Å². The lowest BCUT2D eigenvalue weighted by Crippen LogP contribution is -1.88. The predicted molar refractivity (Wildman–Crippen MR) is 18.8 cm³/mol. The van der Waals surface area contributed by atoms with Crippen LogP contribution in [-0.2, 0) is 10.7 Å². The fourth-order valence-corrected chi connectivity index (χ4v) is 0. The van der Waals surface area contributed by atoms with Gasteiger partial charge in [0.15, 0.2) is 10.7 Å². The molecule has 0 amide bonds. The molecule has 0 rings (SSSR count). The third-order valence-corrected chi connectivity index (χ3v) is 0.365. The molecular weight excluding hydrogens is 90.1 g/mol. The van der Waals surface area contributed by atoms with Gasteiger partial charge in [-0.25, -0.2) is 8.42 Å². The molecule has 0 bridgehead atoms. The Labute approximate surface area is 31.7 Å². The van der Waals surface area contributed by atoms with E-state index in [1.165, 1.54) is 0 Å². The van der Waals surface area contributed by atoms with Crippen LogP contribution in [0, 0.1) is 5.88 Å². The van der Waals surface area contributed by atoms with E-state index in [-0.39, 0.29) is 0 Å². The molecule has 0 fully saturated rings. The van der Waals surface area contributed by atoms with Crippen molar-refractivity contribution in [1.29, 1.82) is 0 Å². The van der Waals surface area contributed by atoms with Crippen LogP contribution in [0.3, 0.4) is 0 Å². The molecule has 4 heteroatoms. The maximum Gasteiger partial charge on any atom is 0.158 e. The van der Waals surface area contributed by atoms with E-state index in [1.807, 2.05) is 0 Å². The maximum absolute atomic E-state index is 9.22. The number of hydrogen-bond donors (Lipinski definition) is 2. The Morgan fingerprint density at radius 1 is 1.60 bits per heavy atom. The van der Waals surface area contributed by atoms with Gasteiger partial charge in [0.05, 0.1) is 0 Å². The monoisotopic (exact) mass is 94.0 g/mol. The maximum atomic E-state index is 9.22. The van der Waals surface area contributed by atoms with Gasteiger partial charge in [-0.2, -0.15) is 0 Å². The van der Waals surface area contributed by atoms with Crippen LogP contribution in [0.15, 0.2) is 0 Å². The molecule has 1 radical (unpaired) electrons. The molecule has 2 N–H and O–H groups in total. The second-order valence-corrected chi connectivity index (χ2v) is 1.30. The molecule has 0 aliphatic carbocycles. The van der Waals surface area contributed by atoms with Gasteiger partial charge in [-0.3, -0.25) is 0 Å². The summed E-state index contributed by atoms with van der Waals surface area (Å²) in [6.45, 7) is 0. The van der Waals surface area contributed by atoms with Gasteiger partial charge in [0.25, 0.3) is 0 Å². The molecule has 0 aromatic carbocycles. The third-order valence-electron chi connectivity index (χ3n) is 0.122. The van der Waals surface area contributed by atoms with E-state index in [0.29, 0.717) is 5.88 Å². The van der Waals surface area contributed by atoms with Crippen LogP contribution in [0.4, 0.5) is 0 Å². The summed E-state index contributed by atoms with van der Waals surface area (Å²) in [7, 11) is -2.45. The lowest BCUT2D eigenvalue weighted by atomic mass is 11.6. The lowest BCUT2D eigenvalue weighted by Gasteiger charge is -1.60. The minimum atomic E-state index is -2.45. The van der Waals surface area contributed by atoms with Gasteiger partial charge in [-0.1, -0.05) is 0 Å². The second kappa shape index (κ2) is 2.17. The summed E-state index contributed by atoms with van der Waals surface area (Å²) in [5.41, 5.74) is 4.45. The molecule has 0 saturated carbocycles. The van der Waals surface area contributed by atoms with Crippen molar-refractivity contribution in [2.45, 2.75) is 0 Å². The molecule has 0 saturated heterocycles. The summed E-state index contributed by atoms with van der Waals surface area (Å²) < 4.78 is 18.4. The summed E-state index contributed by atoms with van der Waals surface area (Å²) in [4.78, 5) is 0. The summed E-state index contributed by atoms with van der Waals surface area (Å²) in [5, 5.41) is 0. The molecule has 0 spiro atoms. The first-order valence-corrected chi connectivity index (χ1v) is 2.20. The van der Waals surface area contributed by atoms with Crippen molar-refractivity contribution in [2.75, 3.05) is 0 Å². The summed E-state index contributed by atoms with van der Waals surface area (Å²) in [5.74, 6) is 0.620. The Morgan fingerprint density at radius 3 is 1.80 bits per heavy atom. The van der Waals surface area contributed by atoms with Crippen LogP contribution in [0.2, 0.25) is 0 Å². The van der Waals surface area contributed by atoms with E-state index >= 15 is 0 Å². The Morgan fingerprint density at radius 2 is 1.80 bits per heavy atom. The van der Waals surface area contributed by atoms with Crippen molar-refractivity contribution in [3.63, 3.8) is 0 Å². The van der Waals surface area contributed by atoms with E-state index in [4.69, 9.17) is 0 Å². The number of nitrogens with two attached hydrogens (primary N) is 1. The molecule has 3 nitrogen and oxygen atoms in total. The molecule has 0 aliphatic rings. The van der Waals surface area contributed by atoms with E-state index in [9.17, 15) is 8.42 Å². The number of thiol groups is 1. The molecule has 0 heterocycles. The molecule has 5 heavy (non-hydrogen) atoms. The van der Waals surface area contributed by atoms with Crippen molar-refractivity contribution in [2.24, 2.45) is 5.73 Å². The SMILES string of the molecule is N[CH][SH](=O)=O. The normalized spacial score (nSPS) is 9.20. The molecule has 0 unspecified atom stereocenters. The Kier molecular flexibility index (Phi) is 2.13.